The summed E-state index contributed by atoms with van der Waals surface area (Å²) in [5.41, 5.74) is 0. The number of ether oxygens (including phenoxy) is 3. The van der Waals surface area contributed by atoms with Crippen LogP contribution >= 0.6 is 0 Å². The maximum atomic E-state index is 13.0. The molecule has 6 N–H and O–H groups in total. The molecule has 7 atom stereocenters. The highest BCUT2D eigenvalue weighted by molar-refractivity contribution is 5.76. The average Bonchev–Trinajstić information content (AvgIpc) is 3.33. The van der Waals surface area contributed by atoms with Gasteiger partial charge in [0.05, 0.1) is 32.0 Å². The van der Waals surface area contributed by atoms with Crippen molar-refractivity contribution < 1.29 is 49.3 Å². The van der Waals surface area contributed by atoms with Crippen LogP contribution in [0.2, 0.25) is 0 Å². The second-order valence-electron chi connectivity index (χ2n) is 19.6. The quantitative estimate of drug-likeness (QED) is 0.0196. The normalized spacial score (nSPS) is 19.7. The Balaban J connectivity index is 2.08. The van der Waals surface area contributed by atoms with Crippen molar-refractivity contribution in [2.75, 3.05) is 19.8 Å². The zero-order valence-electron chi connectivity index (χ0n) is 43.6. The molecule has 0 aromatic carbocycles. The first-order valence-electron chi connectivity index (χ1n) is 28.3. The van der Waals surface area contributed by atoms with Gasteiger partial charge in [0.25, 0.3) is 0 Å². The van der Waals surface area contributed by atoms with E-state index in [2.05, 4.69) is 43.5 Å². The Morgan fingerprint density at radius 1 is 0.529 bits per heavy atom. The largest absolute Gasteiger partial charge is 0.466 e. The van der Waals surface area contributed by atoms with E-state index in [0.717, 1.165) is 89.9 Å². The van der Waals surface area contributed by atoms with Gasteiger partial charge in [0, 0.05) is 12.8 Å². The highest BCUT2D eigenvalue weighted by Crippen LogP contribution is 2.23. The van der Waals surface area contributed by atoms with Crippen molar-refractivity contribution in [2.24, 2.45) is 0 Å². The summed E-state index contributed by atoms with van der Waals surface area (Å²) in [6, 6.07) is -0.820. The van der Waals surface area contributed by atoms with Crippen LogP contribution < -0.4 is 5.32 Å². The fourth-order valence-corrected chi connectivity index (χ4v) is 8.66. The van der Waals surface area contributed by atoms with E-state index < -0.39 is 49.5 Å². The fourth-order valence-electron chi connectivity index (χ4n) is 8.66. The standard InChI is InChI=1S/C57H105NO10/c1-3-5-7-9-11-13-14-15-16-19-22-25-29-33-37-41-45-53(62)66-46-42-38-34-30-26-23-20-17-18-21-24-28-32-36-40-44-52(61)58-49(50(60)43-39-35-31-27-12-10-8-6-4-2)48-67-57-56(65)55(64)54(63)51(47-59)68-57/h16,19-20,23,39,43,49-51,54-57,59-60,63-65H,3-15,17-18,21-22,24-38,40-42,44-48H2,1-2H3,(H,58,61)/b19-16-,23-20-,43-39+. The van der Waals surface area contributed by atoms with E-state index >= 15 is 0 Å². The molecule has 11 nitrogen and oxygen atoms in total. The number of carbonyl (C=O) groups is 2. The third kappa shape index (κ3) is 36.8. The van der Waals surface area contributed by atoms with E-state index in [1.54, 1.807) is 6.08 Å². The maximum Gasteiger partial charge on any atom is 0.305 e. The summed E-state index contributed by atoms with van der Waals surface area (Å²) in [4.78, 5) is 25.0. The van der Waals surface area contributed by atoms with Crippen LogP contribution in [0.15, 0.2) is 36.5 Å². The molecule has 1 aliphatic rings. The topological polar surface area (TPSA) is 175 Å². The van der Waals surface area contributed by atoms with Crippen molar-refractivity contribution in [3.63, 3.8) is 0 Å². The zero-order chi connectivity index (χ0) is 49.6. The van der Waals surface area contributed by atoms with Crippen molar-refractivity contribution >= 4 is 11.9 Å². The minimum atomic E-state index is -1.58. The highest BCUT2D eigenvalue weighted by Gasteiger charge is 2.44. The second-order valence-corrected chi connectivity index (χ2v) is 19.6. The number of hydrogen-bond donors (Lipinski definition) is 6. The van der Waals surface area contributed by atoms with Gasteiger partial charge in [0.15, 0.2) is 6.29 Å². The number of rotatable bonds is 48. The van der Waals surface area contributed by atoms with Gasteiger partial charge in [0.1, 0.15) is 24.4 Å². The van der Waals surface area contributed by atoms with Gasteiger partial charge in [-0.2, -0.15) is 0 Å². The van der Waals surface area contributed by atoms with Crippen LogP contribution in [0.1, 0.15) is 251 Å². The molecule has 0 saturated carbocycles. The number of esters is 1. The lowest BCUT2D eigenvalue weighted by atomic mass is 9.99. The van der Waals surface area contributed by atoms with Crippen LogP contribution in [-0.2, 0) is 23.8 Å². The molecule has 1 saturated heterocycles. The Morgan fingerprint density at radius 3 is 1.41 bits per heavy atom. The minimum absolute atomic E-state index is 0.0373. The van der Waals surface area contributed by atoms with Crippen molar-refractivity contribution in [3.05, 3.63) is 36.5 Å². The van der Waals surface area contributed by atoms with Gasteiger partial charge < -0.3 is 45.1 Å². The lowest BCUT2D eigenvalue weighted by Crippen LogP contribution is -2.60. The molecule has 7 unspecified atom stereocenters. The summed E-state index contributed by atoms with van der Waals surface area (Å²) in [6.07, 6.45) is 46.7. The second kappa shape index (κ2) is 47.2. The lowest BCUT2D eigenvalue weighted by molar-refractivity contribution is -0.302. The molecule has 398 valence electrons. The molecule has 0 aliphatic carbocycles. The van der Waals surface area contributed by atoms with Crippen molar-refractivity contribution in [2.45, 2.75) is 294 Å². The smallest absolute Gasteiger partial charge is 0.305 e. The van der Waals surface area contributed by atoms with Gasteiger partial charge in [-0.1, -0.05) is 192 Å². The van der Waals surface area contributed by atoms with Crippen molar-refractivity contribution in [1.29, 1.82) is 0 Å². The van der Waals surface area contributed by atoms with E-state index in [1.165, 1.54) is 135 Å². The Morgan fingerprint density at radius 2 is 0.941 bits per heavy atom. The van der Waals surface area contributed by atoms with Gasteiger partial charge in [-0.25, -0.2) is 0 Å². The van der Waals surface area contributed by atoms with Gasteiger partial charge in [0.2, 0.25) is 5.91 Å². The number of allylic oxidation sites excluding steroid dienone is 5. The Bertz CT molecular complexity index is 1230. The first-order valence-corrected chi connectivity index (χ1v) is 28.3. The summed E-state index contributed by atoms with van der Waals surface area (Å²) in [5.74, 6) is -0.237. The third-order valence-electron chi connectivity index (χ3n) is 13.2. The van der Waals surface area contributed by atoms with Crippen LogP contribution in [-0.4, -0.2) is 100 Å². The van der Waals surface area contributed by atoms with Gasteiger partial charge in [-0.15, -0.1) is 0 Å². The number of nitrogens with one attached hydrogen (secondary N) is 1. The molecule has 0 spiro atoms. The molecule has 1 amide bonds. The first kappa shape index (κ1) is 63.9. The molecular weight excluding hydrogens is 859 g/mol. The van der Waals surface area contributed by atoms with Crippen LogP contribution in [0.4, 0.5) is 0 Å². The number of aliphatic hydroxyl groups excluding tert-OH is 5. The highest BCUT2D eigenvalue weighted by atomic mass is 16.7. The molecule has 0 aromatic heterocycles. The molecule has 1 aliphatic heterocycles. The lowest BCUT2D eigenvalue weighted by Gasteiger charge is -2.40. The van der Waals surface area contributed by atoms with Crippen molar-refractivity contribution in [1.82, 2.24) is 5.32 Å². The predicted octanol–water partition coefficient (Wildman–Crippen LogP) is 12.3. The number of hydrogen-bond acceptors (Lipinski definition) is 10. The molecule has 1 heterocycles. The summed E-state index contributed by atoms with van der Waals surface area (Å²) in [6.45, 7) is 4.25. The molecular formula is C57H105NO10. The molecule has 1 rings (SSSR count). The summed E-state index contributed by atoms with van der Waals surface area (Å²) in [5, 5.41) is 54.1. The Hall–Kier alpha value is -2.12. The van der Waals surface area contributed by atoms with Crippen LogP contribution in [0.5, 0.6) is 0 Å². The number of aliphatic hydroxyl groups is 5. The van der Waals surface area contributed by atoms with E-state index in [9.17, 15) is 35.1 Å². The maximum absolute atomic E-state index is 13.0. The molecule has 0 aromatic rings. The molecule has 1 fully saturated rings. The number of unbranched alkanes of at least 4 members (excludes halogenated alkanes) is 30. The SMILES string of the molecule is CCCCCCCCC/C=C\CCCCCCCC(=O)OCCCCCC/C=C\CCCCCCCCCC(=O)NC(COC1OC(CO)C(O)C(O)C1O)C(O)/C=C/CCCCCCCCC. The monoisotopic (exact) mass is 964 g/mol. The van der Waals surface area contributed by atoms with E-state index in [-0.39, 0.29) is 18.5 Å². The van der Waals surface area contributed by atoms with Crippen LogP contribution in [0, 0.1) is 0 Å². The fraction of sp³-hybridized carbons (Fsp3) is 0.860. The molecule has 0 bridgehead atoms. The van der Waals surface area contributed by atoms with E-state index in [0.29, 0.717) is 19.4 Å². The molecule has 68 heavy (non-hydrogen) atoms. The van der Waals surface area contributed by atoms with Crippen LogP contribution in [0.3, 0.4) is 0 Å². The van der Waals surface area contributed by atoms with Crippen LogP contribution in [0.25, 0.3) is 0 Å². The van der Waals surface area contributed by atoms with E-state index in [1.807, 2.05) is 6.08 Å². The molecule has 11 heteroatoms. The minimum Gasteiger partial charge on any atom is -0.466 e. The zero-order valence-corrected chi connectivity index (χ0v) is 43.6. The number of carbonyl (C=O) groups excluding carboxylic acids is 2. The summed E-state index contributed by atoms with van der Waals surface area (Å²) in [7, 11) is 0. The average molecular weight is 964 g/mol. The third-order valence-corrected chi connectivity index (χ3v) is 13.2. The predicted molar refractivity (Wildman–Crippen MR) is 278 cm³/mol. The number of amides is 1. The Kier molecular flexibility index (Phi) is 44.4. The summed E-state index contributed by atoms with van der Waals surface area (Å²) < 4.78 is 16.6. The molecule has 0 radical (unpaired) electrons. The van der Waals surface area contributed by atoms with Gasteiger partial charge in [-0.3, -0.25) is 9.59 Å². The van der Waals surface area contributed by atoms with Gasteiger partial charge >= 0.3 is 5.97 Å². The first-order chi connectivity index (χ1) is 33.2. The Labute approximate surface area is 415 Å². The van der Waals surface area contributed by atoms with Gasteiger partial charge in [-0.05, 0) is 83.5 Å². The van der Waals surface area contributed by atoms with Crippen molar-refractivity contribution in [3.8, 4) is 0 Å². The van der Waals surface area contributed by atoms with E-state index in [4.69, 9.17) is 14.2 Å². The summed E-state index contributed by atoms with van der Waals surface area (Å²) >= 11 is 0.